The highest BCUT2D eigenvalue weighted by Crippen LogP contribution is 2.28. The number of hydrogen-bond acceptors (Lipinski definition) is 7. The smallest absolute Gasteiger partial charge is 0.299 e. The van der Waals surface area contributed by atoms with Crippen LogP contribution in [0.3, 0.4) is 0 Å². The van der Waals surface area contributed by atoms with Crippen LogP contribution >= 0.6 is 12.4 Å². The van der Waals surface area contributed by atoms with Gasteiger partial charge in [0.1, 0.15) is 5.69 Å². The molecule has 0 bridgehead atoms. The molecule has 0 aromatic heterocycles. The first-order chi connectivity index (χ1) is 10.6. The van der Waals surface area contributed by atoms with Gasteiger partial charge in [-0.25, -0.2) is 0 Å². The molecule has 1 fully saturated rings. The number of ether oxygens (including phenoxy) is 1. The number of benzene rings is 1. The second kappa shape index (κ2) is 9.23. The van der Waals surface area contributed by atoms with Gasteiger partial charge in [-0.15, -0.1) is 12.4 Å². The van der Waals surface area contributed by atoms with Crippen LogP contribution in [-0.2, 0) is 4.74 Å². The van der Waals surface area contributed by atoms with E-state index in [2.05, 4.69) is 10.2 Å². The molecule has 0 aliphatic carbocycles. The minimum absolute atomic E-state index is 0. The Morgan fingerprint density at radius 1 is 1.17 bits per heavy atom. The number of morpholine rings is 1. The number of nitro benzene ring substituents is 2. The van der Waals surface area contributed by atoms with E-state index in [1.54, 1.807) is 0 Å². The van der Waals surface area contributed by atoms with Gasteiger partial charge in [0.25, 0.3) is 11.4 Å². The highest BCUT2D eigenvalue weighted by molar-refractivity contribution is 5.85. The molecule has 1 aliphatic heterocycles. The van der Waals surface area contributed by atoms with Crippen molar-refractivity contribution in [2.45, 2.75) is 6.42 Å². The lowest BCUT2D eigenvalue weighted by molar-refractivity contribution is -0.393. The van der Waals surface area contributed by atoms with Gasteiger partial charge < -0.3 is 10.1 Å². The summed E-state index contributed by atoms with van der Waals surface area (Å²) < 4.78 is 5.26. The van der Waals surface area contributed by atoms with Crippen molar-refractivity contribution in [3.8, 4) is 0 Å². The van der Waals surface area contributed by atoms with Gasteiger partial charge in [-0.2, -0.15) is 0 Å². The topological polar surface area (TPSA) is 111 Å². The Labute approximate surface area is 139 Å². The van der Waals surface area contributed by atoms with Gasteiger partial charge in [0, 0.05) is 25.7 Å². The molecule has 23 heavy (non-hydrogen) atoms. The molecule has 1 saturated heterocycles. The van der Waals surface area contributed by atoms with E-state index in [0.29, 0.717) is 12.2 Å². The summed E-state index contributed by atoms with van der Waals surface area (Å²) in [5.74, 6) is 0. The highest BCUT2D eigenvalue weighted by Gasteiger charge is 2.19. The van der Waals surface area contributed by atoms with E-state index in [4.69, 9.17) is 4.74 Å². The van der Waals surface area contributed by atoms with Crippen molar-refractivity contribution in [3.05, 3.63) is 38.4 Å². The Morgan fingerprint density at radius 3 is 2.48 bits per heavy atom. The van der Waals surface area contributed by atoms with Crippen LogP contribution in [0.15, 0.2) is 18.2 Å². The van der Waals surface area contributed by atoms with E-state index in [0.717, 1.165) is 45.3 Å². The summed E-state index contributed by atoms with van der Waals surface area (Å²) in [6, 6.07) is 3.62. The van der Waals surface area contributed by atoms with Crippen molar-refractivity contribution >= 4 is 29.5 Å². The third-order valence-electron chi connectivity index (χ3n) is 3.46. The van der Waals surface area contributed by atoms with Crippen molar-refractivity contribution in [1.29, 1.82) is 0 Å². The maximum absolute atomic E-state index is 11.0. The number of nitrogens with one attached hydrogen (secondary N) is 1. The number of anilines is 1. The molecule has 1 aromatic rings. The van der Waals surface area contributed by atoms with E-state index in [9.17, 15) is 20.2 Å². The Balaban J connectivity index is 0.00000264. The molecule has 1 N–H and O–H groups in total. The van der Waals surface area contributed by atoms with Crippen molar-refractivity contribution in [1.82, 2.24) is 4.90 Å². The third-order valence-corrected chi connectivity index (χ3v) is 3.46. The molecule has 1 aromatic carbocycles. The molecule has 0 atom stereocenters. The first-order valence-electron chi connectivity index (χ1n) is 7.05. The lowest BCUT2D eigenvalue weighted by Gasteiger charge is -2.26. The van der Waals surface area contributed by atoms with E-state index in [1.807, 2.05) is 0 Å². The normalized spacial score (nSPS) is 14.8. The molecule has 1 heterocycles. The molecule has 0 radical (unpaired) electrons. The van der Waals surface area contributed by atoms with Crippen LogP contribution in [0.2, 0.25) is 0 Å². The van der Waals surface area contributed by atoms with E-state index in [1.165, 1.54) is 12.1 Å². The average molecular weight is 347 g/mol. The predicted octanol–water partition coefficient (Wildman–Crippen LogP) is 2.06. The molecule has 9 nitrogen and oxygen atoms in total. The molecule has 128 valence electrons. The van der Waals surface area contributed by atoms with Gasteiger partial charge in [0.2, 0.25) is 0 Å². The SMILES string of the molecule is Cl.O=[N+]([O-])c1ccc(NCCCN2CCOCC2)c([N+](=O)[O-])c1. The zero-order valence-corrected chi connectivity index (χ0v) is 13.3. The minimum atomic E-state index is -0.644. The summed E-state index contributed by atoms with van der Waals surface area (Å²) in [7, 11) is 0. The maximum Gasteiger partial charge on any atom is 0.299 e. The lowest BCUT2D eigenvalue weighted by Crippen LogP contribution is -2.37. The molecule has 1 aliphatic rings. The second-order valence-electron chi connectivity index (χ2n) is 4.95. The Morgan fingerprint density at radius 2 is 1.87 bits per heavy atom. The van der Waals surface area contributed by atoms with Crippen LogP contribution in [-0.4, -0.2) is 54.1 Å². The van der Waals surface area contributed by atoms with Crippen LogP contribution in [0.5, 0.6) is 0 Å². The summed E-state index contributed by atoms with van der Waals surface area (Å²) in [5.41, 5.74) is -0.260. The largest absolute Gasteiger partial charge is 0.379 e. The van der Waals surface area contributed by atoms with Gasteiger partial charge in [0.15, 0.2) is 0 Å². The van der Waals surface area contributed by atoms with Crippen molar-refractivity contribution in [2.75, 3.05) is 44.7 Å². The first-order valence-corrected chi connectivity index (χ1v) is 7.05. The van der Waals surface area contributed by atoms with Gasteiger partial charge in [-0.05, 0) is 19.0 Å². The molecule has 0 unspecified atom stereocenters. The maximum atomic E-state index is 11.0. The van der Waals surface area contributed by atoms with Gasteiger partial charge in [-0.1, -0.05) is 0 Å². The quantitative estimate of drug-likeness (QED) is 0.457. The fraction of sp³-hybridized carbons (Fsp3) is 0.538. The van der Waals surface area contributed by atoms with Crippen molar-refractivity contribution in [3.63, 3.8) is 0 Å². The molecule has 0 amide bonds. The van der Waals surface area contributed by atoms with Crippen LogP contribution in [0.4, 0.5) is 17.1 Å². The third kappa shape index (κ3) is 5.62. The Hall–Kier alpha value is -1.97. The molecule has 2 rings (SSSR count). The number of nitro groups is 2. The number of rotatable bonds is 7. The standard InChI is InChI=1S/C13H18N4O5.ClH/c18-16(19)11-2-3-12(13(10-11)17(20)21)14-4-1-5-15-6-8-22-9-7-15;/h2-3,10,14H,1,4-9H2;1H. The Bertz CT molecular complexity index is 551. The fourth-order valence-corrected chi connectivity index (χ4v) is 2.28. The molecule has 0 spiro atoms. The predicted molar refractivity (Wildman–Crippen MR) is 87.4 cm³/mol. The summed E-state index contributed by atoms with van der Waals surface area (Å²) >= 11 is 0. The number of nitrogens with zero attached hydrogens (tertiary/aromatic N) is 3. The zero-order valence-electron chi connectivity index (χ0n) is 12.5. The summed E-state index contributed by atoms with van der Waals surface area (Å²) in [6.07, 6.45) is 0.828. The summed E-state index contributed by atoms with van der Waals surface area (Å²) in [6.45, 7) is 4.73. The molecular formula is C13H19ClN4O5. The Kier molecular flexibility index (Phi) is 7.66. The van der Waals surface area contributed by atoms with Crippen LogP contribution < -0.4 is 5.32 Å². The van der Waals surface area contributed by atoms with Crippen molar-refractivity contribution < 1.29 is 14.6 Å². The second-order valence-corrected chi connectivity index (χ2v) is 4.95. The van der Waals surface area contributed by atoms with Gasteiger partial charge in [-0.3, -0.25) is 25.1 Å². The molecule has 0 saturated carbocycles. The van der Waals surface area contributed by atoms with E-state index in [-0.39, 0.29) is 23.8 Å². The van der Waals surface area contributed by atoms with E-state index < -0.39 is 9.85 Å². The first kappa shape index (κ1) is 19.1. The highest BCUT2D eigenvalue weighted by atomic mass is 35.5. The number of non-ortho nitro benzene ring substituents is 1. The van der Waals surface area contributed by atoms with Crippen LogP contribution in [0.25, 0.3) is 0 Å². The monoisotopic (exact) mass is 346 g/mol. The minimum Gasteiger partial charge on any atom is -0.379 e. The van der Waals surface area contributed by atoms with E-state index >= 15 is 0 Å². The van der Waals surface area contributed by atoms with Crippen molar-refractivity contribution in [2.24, 2.45) is 0 Å². The zero-order chi connectivity index (χ0) is 15.9. The van der Waals surface area contributed by atoms with Crippen LogP contribution in [0, 0.1) is 20.2 Å². The fourth-order valence-electron chi connectivity index (χ4n) is 2.28. The lowest BCUT2D eigenvalue weighted by atomic mass is 10.2. The average Bonchev–Trinajstić information content (AvgIpc) is 2.52. The van der Waals surface area contributed by atoms with Crippen LogP contribution in [0.1, 0.15) is 6.42 Å². The molecule has 10 heteroatoms. The number of halogens is 1. The molecular weight excluding hydrogens is 328 g/mol. The van der Waals surface area contributed by atoms with Gasteiger partial charge in [0.05, 0.1) is 29.1 Å². The number of hydrogen-bond donors (Lipinski definition) is 1. The van der Waals surface area contributed by atoms with Gasteiger partial charge >= 0.3 is 0 Å². The summed E-state index contributed by atoms with van der Waals surface area (Å²) in [5, 5.41) is 24.6. The summed E-state index contributed by atoms with van der Waals surface area (Å²) in [4.78, 5) is 22.7.